The Morgan fingerprint density at radius 2 is 1.38 bits per heavy atom. The summed E-state index contributed by atoms with van der Waals surface area (Å²) >= 11 is 0. The molecule has 1 heterocycles. The first-order valence-electron chi connectivity index (χ1n) is 6.93. The molecule has 0 bridgehead atoms. The molecular weight excluding hydrogens is 365 g/mol. The summed E-state index contributed by atoms with van der Waals surface area (Å²) in [6.07, 6.45) is -9.86. The van der Waals surface area contributed by atoms with E-state index in [-0.39, 0.29) is 24.0 Å². The van der Waals surface area contributed by atoms with E-state index in [4.69, 9.17) is 0 Å². The Kier molecular flexibility index (Phi) is 6.89. The standard InChI is InChI=1S/C14H15F7N2.ClH/c15-8-12(23-3-1-22-2-4-23)9-5-10(13(16,17)18)7-11(6-9)14(19,20)21;/h5-7,12,22H,1-4,8H2;1H/t12-;/m0./s1. The molecule has 0 saturated carbocycles. The van der Waals surface area contributed by atoms with E-state index in [1.54, 1.807) is 4.90 Å². The van der Waals surface area contributed by atoms with Crippen molar-refractivity contribution in [2.24, 2.45) is 0 Å². The van der Waals surface area contributed by atoms with Crippen molar-refractivity contribution in [1.82, 2.24) is 10.2 Å². The van der Waals surface area contributed by atoms with Crippen molar-refractivity contribution in [1.29, 1.82) is 0 Å². The smallest absolute Gasteiger partial charge is 0.314 e. The first kappa shape index (κ1) is 21.0. The highest BCUT2D eigenvalue weighted by molar-refractivity contribution is 5.85. The SMILES string of the molecule is Cl.FC[C@@H](c1cc(C(F)(F)F)cc(C(F)(F)F)c1)N1CCNCC1. The van der Waals surface area contributed by atoms with Gasteiger partial charge in [0.25, 0.3) is 0 Å². The van der Waals surface area contributed by atoms with Crippen LogP contribution >= 0.6 is 12.4 Å². The lowest BCUT2D eigenvalue weighted by Crippen LogP contribution is -2.45. The highest BCUT2D eigenvalue weighted by atomic mass is 35.5. The lowest BCUT2D eigenvalue weighted by Gasteiger charge is -2.34. The van der Waals surface area contributed by atoms with Gasteiger partial charge in [-0.3, -0.25) is 4.90 Å². The van der Waals surface area contributed by atoms with Gasteiger partial charge in [-0.05, 0) is 23.8 Å². The van der Waals surface area contributed by atoms with E-state index in [2.05, 4.69) is 5.32 Å². The molecule has 1 saturated heterocycles. The fourth-order valence-electron chi connectivity index (χ4n) is 2.56. The Morgan fingerprint density at radius 3 is 1.75 bits per heavy atom. The molecule has 2 rings (SSSR count). The number of hydrogen-bond donors (Lipinski definition) is 1. The van der Waals surface area contributed by atoms with Crippen LogP contribution in [0.5, 0.6) is 0 Å². The second kappa shape index (κ2) is 7.88. The minimum absolute atomic E-state index is 0. The van der Waals surface area contributed by atoms with Crippen LogP contribution in [0.25, 0.3) is 0 Å². The number of nitrogens with one attached hydrogen (secondary N) is 1. The maximum Gasteiger partial charge on any atom is 0.416 e. The molecule has 0 spiro atoms. The number of benzene rings is 1. The van der Waals surface area contributed by atoms with Gasteiger partial charge < -0.3 is 5.32 Å². The van der Waals surface area contributed by atoms with Gasteiger partial charge in [0.05, 0.1) is 17.2 Å². The Balaban J connectivity index is 0.00000288. The number of hydrogen-bond acceptors (Lipinski definition) is 2. The summed E-state index contributed by atoms with van der Waals surface area (Å²) in [5.74, 6) is 0. The van der Waals surface area contributed by atoms with E-state index in [0.29, 0.717) is 38.3 Å². The van der Waals surface area contributed by atoms with Crippen molar-refractivity contribution in [3.8, 4) is 0 Å². The molecule has 1 aliphatic rings. The number of piperazine rings is 1. The van der Waals surface area contributed by atoms with E-state index in [1.807, 2.05) is 0 Å². The second-order valence-electron chi connectivity index (χ2n) is 5.30. The first-order valence-corrected chi connectivity index (χ1v) is 6.93. The van der Waals surface area contributed by atoms with Gasteiger partial charge in [0.2, 0.25) is 0 Å². The molecule has 1 N–H and O–H groups in total. The Labute approximate surface area is 140 Å². The van der Waals surface area contributed by atoms with Gasteiger partial charge in [0.15, 0.2) is 0 Å². The Bertz CT molecular complexity index is 507. The highest BCUT2D eigenvalue weighted by Crippen LogP contribution is 2.38. The average Bonchev–Trinajstić information content (AvgIpc) is 2.47. The van der Waals surface area contributed by atoms with E-state index >= 15 is 0 Å². The van der Waals surface area contributed by atoms with Crippen molar-refractivity contribution in [3.05, 3.63) is 34.9 Å². The average molecular weight is 381 g/mol. The molecule has 0 aliphatic carbocycles. The van der Waals surface area contributed by atoms with Gasteiger partial charge in [-0.15, -0.1) is 12.4 Å². The summed E-state index contributed by atoms with van der Waals surface area (Å²) in [6, 6.07) is 0.125. The quantitative estimate of drug-likeness (QED) is 0.796. The third-order valence-corrected chi connectivity index (χ3v) is 3.73. The monoisotopic (exact) mass is 380 g/mol. The first-order chi connectivity index (χ1) is 10.6. The Hall–Kier alpha value is -1.06. The van der Waals surface area contributed by atoms with Crippen LogP contribution in [-0.2, 0) is 12.4 Å². The maximum atomic E-state index is 13.4. The van der Waals surface area contributed by atoms with Crippen LogP contribution in [0.2, 0.25) is 0 Å². The summed E-state index contributed by atoms with van der Waals surface area (Å²) < 4.78 is 90.5. The normalized spacial score (nSPS) is 18.1. The number of rotatable bonds is 3. The zero-order valence-corrected chi connectivity index (χ0v) is 13.2. The fourth-order valence-corrected chi connectivity index (χ4v) is 2.56. The minimum Gasteiger partial charge on any atom is -0.314 e. The molecule has 24 heavy (non-hydrogen) atoms. The van der Waals surface area contributed by atoms with E-state index in [9.17, 15) is 30.7 Å². The summed E-state index contributed by atoms with van der Waals surface area (Å²) in [5.41, 5.74) is -3.15. The number of halogens is 8. The van der Waals surface area contributed by atoms with Crippen LogP contribution in [0.3, 0.4) is 0 Å². The summed E-state index contributed by atoms with van der Waals surface area (Å²) in [4.78, 5) is 1.55. The van der Waals surface area contributed by atoms with Gasteiger partial charge in [0.1, 0.15) is 6.67 Å². The van der Waals surface area contributed by atoms with Gasteiger partial charge >= 0.3 is 12.4 Å². The lowest BCUT2D eigenvalue weighted by atomic mass is 9.98. The van der Waals surface area contributed by atoms with Gasteiger partial charge in [-0.1, -0.05) is 0 Å². The topological polar surface area (TPSA) is 15.3 Å². The van der Waals surface area contributed by atoms with E-state index < -0.39 is 36.2 Å². The van der Waals surface area contributed by atoms with E-state index in [0.717, 1.165) is 0 Å². The molecule has 138 valence electrons. The van der Waals surface area contributed by atoms with Crippen molar-refractivity contribution < 1.29 is 30.7 Å². The molecule has 1 fully saturated rings. The number of nitrogens with zero attached hydrogens (tertiary/aromatic N) is 1. The zero-order valence-electron chi connectivity index (χ0n) is 12.3. The van der Waals surface area contributed by atoms with Crippen LogP contribution in [0, 0.1) is 0 Å². The molecule has 10 heteroatoms. The van der Waals surface area contributed by atoms with Crippen molar-refractivity contribution in [2.75, 3.05) is 32.9 Å². The lowest BCUT2D eigenvalue weighted by molar-refractivity contribution is -0.143. The molecule has 0 radical (unpaired) electrons. The fraction of sp³-hybridized carbons (Fsp3) is 0.571. The minimum atomic E-state index is -4.93. The molecule has 0 aromatic heterocycles. The molecule has 1 atom stereocenters. The van der Waals surface area contributed by atoms with Crippen molar-refractivity contribution in [3.63, 3.8) is 0 Å². The van der Waals surface area contributed by atoms with Gasteiger partial charge in [0, 0.05) is 26.2 Å². The van der Waals surface area contributed by atoms with Gasteiger partial charge in [-0.2, -0.15) is 26.3 Å². The predicted octanol–water partition coefficient (Wildman–Crippen LogP) is 4.06. The molecular formula is C14H16ClF7N2. The highest BCUT2D eigenvalue weighted by Gasteiger charge is 2.38. The summed E-state index contributed by atoms with van der Waals surface area (Å²) in [6.45, 7) is 0.653. The van der Waals surface area contributed by atoms with E-state index in [1.165, 1.54) is 0 Å². The number of alkyl halides is 7. The van der Waals surface area contributed by atoms with Crippen LogP contribution in [0.4, 0.5) is 30.7 Å². The van der Waals surface area contributed by atoms with Crippen LogP contribution in [0.15, 0.2) is 18.2 Å². The predicted molar refractivity (Wildman–Crippen MR) is 76.9 cm³/mol. The third kappa shape index (κ3) is 4.97. The van der Waals surface area contributed by atoms with Crippen molar-refractivity contribution >= 4 is 12.4 Å². The molecule has 1 aromatic carbocycles. The van der Waals surface area contributed by atoms with Crippen LogP contribution in [-0.4, -0.2) is 37.8 Å². The van der Waals surface area contributed by atoms with Crippen molar-refractivity contribution in [2.45, 2.75) is 18.4 Å². The van der Waals surface area contributed by atoms with Gasteiger partial charge in [-0.25, -0.2) is 4.39 Å². The Morgan fingerprint density at radius 1 is 0.917 bits per heavy atom. The molecule has 2 nitrogen and oxygen atoms in total. The second-order valence-corrected chi connectivity index (χ2v) is 5.30. The summed E-state index contributed by atoms with van der Waals surface area (Å²) in [7, 11) is 0. The molecule has 0 amide bonds. The van der Waals surface area contributed by atoms with Crippen LogP contribution in [0.1, 0.15) is 22.7 Å². The third-order valence-electron chi connectivity index (χ3n) is 3.73. The maximum absolute atomic E-state index is 13.4. The summed E-state index contributed by atoms with van der Waals surface area (Å²) in [5, 5.41) is 2.99. The molecule has 1 aromatic rings. The van der Waals surface area contributed by atoms with Crippen LogP contribution < -0.4 is 5.32 Å². The zero-order chi connectivity index (χ0) is 17.3. The largest absolute Gasteiger partial charge is 0.416 e. The molecule has 0 unspecified atom stereocenters. The molecule has 1 aliphatic heterocycles.